The predicted molar refractivity (Wildman–Crippen MR) is 62.8 cm³/mol. The molecule has 0 bridgehead atoms. The molecule has 1 rings (SSSR count). The Morgan fingerprint density at radius 1 is 1.35 bits per heavy atom. The fourth-order valence-electron chi connectivity index (χ4n) is 1.37. The number of Topliss-reactive ketones (excluding diaryl/α,β-unsaturated/α-hetero) is 1. The number of ketones is 1. The first-order valence-corrected chi connectivity index (χ1v) is 5.74. The van der Waals surface area contributed by atoms with Crippen LogP contribution in [0, 0.1) is 0 Å². The van der Waals surface area contributed by atoms with Gasteiger partial charge in [0.15, 0.2) is 5.78 Å². The zero-order valence-corrected chi connectivity index (χ0v) is 10.4. The number of rotatable bonds is 4. The van der Waals surface area contributed by atoms with Gasteiger partial charge < -0.3 is 5.73 Å². The van der Waals surface area contributed by atoms with Crippen LogP contribution in [-0.2, 0) is 0 Å². The van der Waals surface area contributed by atoms with Gasteiger partial charge in [-0.1, -0.05) is 15.9 Å². The summed E-state index contributed by atoms with van der Waals surface area (Å²) < 4.78 is 36.4. The number of nitrogen functional groups attached to an aromatic ring is 1. The Hall–Kier alpha value is -1.04. The highest BCUT2D eigenvalue weighted by atomic mass is 79.9. The number of carbonyl (C=O) groups excluding carboxylic acids is 1. The summed E-state index contributed by atoms with van der Waals surface area (Å²) in [7, 11) is 0. The van der Waals surface area contributed by atoms with Gasteiger partial charge in [-0.2, -0.15) is 13.2 Å². The summed E-state index contributed by atoms with van der Waals surface area (Å²) in [6, 6.07) is 4.69. The monoisotopic (exact) mass is 309 g/mol. The SMILES string of the molecule is Nc1cc(Br)ccc1C(=O)CCCC(F)(F)F. The van der Waals surface area contributed by atoms with Crippen LogP contribution in [0.4, 0.5) is 18.9 Å². The number of halogens is 4. The molecule has 0 fully saturated rings. The third-order valence-electron chi connectivity index (χ3n) is 2.18. The van der Waals surface area contributed by atoms with E-state index in [0.717, 1.165) is 4.47 Å². The molecule has 17 heavy (non-hydrogen) atoms. The summed E-state index contributed by atoms with van der Waals surface area (Å²) >= 11 is 3.18. The fourth-order valence-corrected chi connectivity index (χ4v) is 1.75. The predicted octanol–water partition coefficient (Wildman–Crippen LogP) is 3.95. The highest BCUT2D eigenvalue weighted by Gasteiger charge is 2.26. The van der Waals surface area contributed by atoms with Gasteiger partial charge in [0.1, 0.15) is 0 Å². The molecule has 0 radical (unpaired) electrons. The Balaban J connectivity index is 2.59. The van der Waals surface area contributed by atoms with E-state index >= 15 is 0 Å². The van der Waals surface area contributed by atoms with E-state index in [1.54, 1.807) is 12.1 Å². The zero-order valence-electron chi connectivity index (χ0n) is 8.85. The lowest BCUT2D eigenvalue weighted by atomic mass is 10.0. The van der Waals surface area contributed by atoms with Crippen molar-refractivity contribution in [2.45, 2.75) is 25.4 Å². The van der Waals surface area contributed by atoms with Crippen LogP contribution in [0.5, 0.6) is 0 Å². The first-order chi connectivity index (χ1) is 7.79. The maximum Gasteiger partial charge on any atom is 0.389 e. The molecule has 0 saturated heterocycles. The number of hydrogen-bond donors (Lipinski definition) is 1. The second-order valence-electron chi connectivity index (χ2n) is 3.62. The van der Waals surface area contributed by atoms with Crippen molar-refractivity contribution in [2.75, 3.05) is 5.73 Å². The average molecular weight is 310 g/mol. The second-order valence-corrected chi connectivity index (χ2v) is 4.54. The van der Waals surface area contributed by atoms with Crippen molar-refractivity contribution in [2.24, 2.45) is 0 Å². The Kier molecular flexibility index (Phi) is 4.56. The second kappa shape index (κ2) is 5.53. The lowest BCUT2D eigenvalue weighted by Crippen LogP contribution is -2.09. The van der Waals surface area contributed by atoms with E-state index in [-0.39, 0.29) is 29.9 Å². The van der Waals surface area contributed by atoms with Crippen LogP contribution in [0.2, 0.25) is 0 Å². The van der Waals surface area contributed by atoms with Crippen molar-refractivity contribution in [3.8, 4) is 0 Å². The molecule has 1 aromatic rings. The van der Waals surface area contributed by atoms with E-state index in [2.05, 4.69) is 15.9 Å². The molecule has 2 nitrogen and oxygen atoms in total. The first kappa shape index (κ1) is 14.0. The molecule has 1 aromatic carbocycles. The molecule has 0 aliphatic carbocycles. The van der Waals surface area contributed by atoms with Crippen molar-refractivity contribution in [3.63, 3.8) is 0 Å². The minimum atomic E-state index is -4.22. The molecule has 0 aliphatic heterocycles. The molecule has 0 saturated carbocycles. The van der Waals surface area contributed by atoms with Gasteiger partial charge in [0.25, 0.3) is 0 Å². The van der Waals surface area contributed by atoms with E-state index < -0.39 is 12.6 Å². The molecule has 0 unspecified atom stereocenters. The third kappa shape index (κ3) is 4.77. The Morgan fingerprint density at radius 3 is 2.53 bits per heavy atom. The molecule has 0 spiro atoms. The van der Waals surface area contributed by atoms with Gasteiger partial charge in [0, 0.05) is 28.6 Å². The number of hydrogen-bond acceptors (Lipinski definition) is 2. The van der Waals surface area contributed by atoms with E-state index in [9.17, 15) is 18.0 Å². The quantitative estimate of drug-likeness (QED) is 0.676. The highest BCUT2D eigenvalue weighted by molar-refractivity contribution is 9.10. The molecule has 0 atom stereocenters. The van der Waals surface area contributed by atoms with Gasteiger partial charge in [-0.3, -0.25) is 4.79 Å². The summed E-state index contributed by atoms with van der Waals surface area (Å²) in [5, 5.41) is 0. The largest absolute Gasteiger partial charge is 0.398 e. The Morgan fingerprint density at radius 2 is 2.00 bits per heavy atom. The topological polar surface area (TPSA) is 43.1 Å². The maximum atomic E-state index is 11.9. The highest BCUT2D eigenvalue weighted by Crippen LogP contribution is 2.24. The lowest BCUT2D eigenvalue weighted by Gasteiger charge is -2.07. The third-order valence-corrected chi connectivity index (χ3v) is 2.67. The van der Waals surface area contributed by atoms with Gasteiger partial charge in [-0.25, -0.2) is 0 Å². The number of nitrogens with two attached hydrogens (primary N) is 1. The average Bonchev–Trinajstić information content (AvgIpc) is 2.15. The van der Waals surface area contributed by atoms with E-state index in [1.165, 1.54) is 6.07 Å². The minimum absolute atomic E-state index is 0.147. The molecular weight excluding hydrogens is 299 g/mol. The number of alkyl halides is 3. The molecular formula is C11H11BrF3NO. The minimum Gasteiger partial charge on any atom is -0.398 e. The summed E-state index contributed by atoms with van der Waals surface area (Å²) in [5.41, 5.74) is 6.15. The molecule has 6 heteroatoms. The Labute approximate surface area is 105 Å². The summed E-state index contributed by atoms with van der Waals surface area (Å²) in [4.78, 5) is 11.6. The van der Waals surface area contributed by atoms with Crippen LogP contribution in [0.15, 0.2) is 22.7 Å². The van der Waals surface area contributed by atoms with Crippen LogP contribution in [0.3, 0.4) is 0 Å². The molecule has 94 valence electrons. The normalized spacial score (nSPS) is 11.5. The van der Waals surface area contributed by atoms with Crippen molar-refractivity contribution in [3.05, 3.63) is 28.2 Å². The van der Waals surface area contributed by atoms with E-state index in [4.69, 9.17) is 5.73 Å². The standard InChI is InChI=1S/C11H11BrF3NO/c12-7-3-4-8(9(16)6-7)10(17)2-1-5-11(13,14)15/h3-4,6H,1-2,5,16H2. The molecule has 2 N–H and O–H groups in total. The van der Waals surface area contributed by atoms with Crippen molar-refractivity contribution >= 4 is 27.4 Å². The lowest BCUT2D eigenvalue weighted by molar-refractivity contribution is -0.135. The van der Waals surface area contributed by atoms with Crippen molar-refractivity contribution < 1.29 is 18.0 Å². The van der Waals surface area contributed by atoms with Gasteiger partial charge in [-0.05, 0) is 24.6 Å². The molecule has 0 aromatic heterocycles. The maximum absolute atomic E-state index is 11.9. The first-order valence-electron chi connectivity index (χ1n) is 4.94. The molecule has 0 amide bonds. The van der Waals surface area contributed by atoms with Crippen LogP contribution < -0.4 is 5.73 Å². The number of carbonyl (C=O) groups is 1. The molecule has 0 aliphatic rings. The van der Waals surface area contributed by atoms with E-state index in [0.29, 0.717) is 0 Å². The van der Waals surface area contributed by atoms with Gasteiger partial charge >= 0.3 is 6.18 Å². The number of benzene rings is 1. The number of anilines is 1. The van der Waals surface area contributed by atoms with E-state index in [1.807, 2.05) is 0 Å². The fraction of sp³-hybridized carbons (Fsp3) is 0.364. The van der Waals surface area contributed by atoms with Crippen molar-refractivity contribution in [1.29, 1.82) is 0 Å². The van der Waals surface area contributed by atoms with Crippen molar-refractivity contribution in [1.82, 2.24) is 0 Å². The van der Waals surface area contributed by atoms with Gasteiger partial charge in [-0.15, -0.1) is 0 Å². The van der Waals surface area contributed by atoms with Gasteiger partial charge in [0.2, 0.25) is 0 Å². The summed E-state index contributed by atoms with van der Waals surface area (Å²) in [5.74, 6) is -0.362. The molecule has 0 heterocycles. The zero-order chi connectivity index (χ0) is 13.1. The van der Waals surface area contributed by atoms with Crippen LogP contribution in [-0.4, -0.2) is 12.0 Å². The van der Waals surface area contributed by atoms with Crippen LogP contribution in [0.25, 0.3) is 0 Å². The summed E-state index contributed by atoms with van der Waals surface area (Å²) in [6.45, 7) is 0. The van der Waals surface area contributed by atoms with Crippen LogP contribution in [0.1, 0.15) is 29.6 Å². The van der Waals surface area contributed by atoms with Crippen LogP contribution >= 0.6 is 15.9 Å². The summed E-state index contributed by atoms with van der Waals surface area (Å²) in [6.07, 6.45) is -5.52. The Bertz CT molecular complexity index is 418. The van der Waals surface area contributed by atoms with Gasteiger partial charge in [0.05, 0.1) is 0 Å². The smallest absolute Gasteiger partial charge is 0.389 e.